The van der Waals surface area contributed by atoms with Crippen LogP contribution in [0.5, 0.6) is 0 Å². The first-order valence-electron chi connectivity index (χ1n) is 33.7. The Bertz CT molecular complexity index is 6960. The molecule has 24 heteroatoms. The molecule has 0 fully saturated rings. The Balaban J connectivity index is 0.000000205. The molecule has 0 saturated heterocycles. The molecule has 0 aromatic heterocycles. The van der Waals surface area contributed by atoms with Crippen molar-refractivity contribution in [3.63, 3.8) is 0 Å². The Labute approximate surface area is 667 Å². The molecule has 536 valence electrons. The minimum Gasteiger partial charge on any atom is -0.239 e. The molecule has 18 nitrogen and oxygen atoms in total. The van der Waals surface area contributed by atoms with Crippen LogP contribution in [0.2, 0.25) is 0 Å². The second kappa shape index (κ2) is 31.2. The van der Waals surface area contributed by atoms with Crippen LogP contribution in [0.15, 0.2) is 193 Å². The van der Waals surface area contributed by atoms with Crippen LogP contribution in [0.25, 0.3) is 151 Å². The summed E-state index contributed by atoms with van der Waals surface area (Å²) in [5, 5.41) is 102. The average molecular weight is 1520 g/mol. The van der Waals surface area contributed by atoms with Gasteiger partial charge >= 0.3 is 0 Å². The van der Waals surface area contributed by atoms with Gasteiger partial charge in [0, 0.05) is 44.5 Å². The van der Waals surface area contributed by atoms with E-state index < -0.39 is 102 Å². The first kappa shape index (κ1) is 76.7. The van der Waals surface area contributed by atoms with Gasteiger partial charge in [0.05, 0.1) is 145 Å². The van der Waals surface area contributed by atoms with E-state index >= 15 is 17.6 Å². The second-order valence-corrected chi connectivity index (χ2v) is 25.4. The highest BCUT2D eigenvalue weighted by Crippen LogP contribution is 2.64. The second-order valence-electron chi connectivity index (χ2n) is 25.4. The van der Waals surface area contributed by atoms with Crippen LogP contribution in [0.4, 0.5) is 49.1 Å². The van der Waals surface area contributed by atoms with Crippen LogP contribution in [-0.2, 0) is 0 Å². The van der Waals surface area contributed by atoms with E-state index in [0.29, 0.717) is 0 Å². The highest BCUT2D eigenvalue weighted by molar-refractivity contribution is 6.27. The van der Waals surface area contributed by atoms with Crippen molar-refractivity contribution in [3.8, 4) is 105 Å². The van der Waals surface area contributed by atoms with Crippen molar-refractivity contribution in [3.05, 3.63) is 396 Å². The molecule has 0 aliphatic heterocycles. The molecule has 0 spiro atoms. The van der Waals surface area contributed by atoms with E-state index in [4.69, 9.17) is 52.6 Å². The molecule has 14 rings (SSSR count). The topological polar surface area (TPSA) is 273 Å². The van der Waals surface area contributed by atoms with Gasteiger partial charge in [-0.2, -0.15) is 52.6 Å². The summed E-state index contributed by atoms with van der Waals surface area (Å²) in [4.78, 5) is 28.0. The summed E-state index contributed by atoms with van der Waals surface area (Å²) in [5.41, 5.74) is -8.08. The minimum atomic E-state index is -1.24. The van der Waals surface area contributed by atoms with E-state index in [1.807, 2.05) is 60.7 Å². The van der Waals surface area contributed by atoms with Gasteiger partial charge in [-0.05, 0) is 174 Å². The predicted molar refractivity (Wildman–Crippen MR) is 422 cm³/mol. The molecule has 0 N–H and O–H groups in total. The third-order valence-electron chi connectivity index (χ3n) is 19.3. The number of halogens is 6. The Kier molecular flexibility index (Phi) is 20.3. The Morgan fingerprint density at radius 1 is 0.246 bits per heavy atom. The van der Waals surface area contributed by atoms with Gasteiger partial charge in [-0.15, -0.1) is 0 Å². The predicted octanol–water partition coefficient (Wildman–Crippen LogP) is 23.8. The first-order valence-corrected chi connectivity index (χ1v) is 33.7. The summed E-state index contributed by atoms with van der Waals surface area (Å²) in [6, 6.07) is 55.2. The van der Waals surface area contributed by atoms with Gasteiger partial charge in [0.15, 0.2) is 22.7 Å². The molecule has 0 saturated carbocycles. The van der Waals surface area contributed by atoms with Gasteiger partial charge in [0.1, 0.15) is 59.2 Å². The zero-order valence-corrected chi connectivity index (χ0v) is 59.5. The van der Waals surface area contributed by atoms with Crippen molar-refractivity contribution < 1.29 is 26.3 Å². The van der Waals surface area contributed by atoms with E-state index in [0.717, 1.165) is 24.3 Å². The standard InChI is InChI=1S/C48H14F2N10.C46H14F4N8/c1-57-33-16-31(17-34(18-33)58-2)35(23-55)40-42-37(29-9-5-25(19-51)6-10-29)39-36(24-56)45(49)44(47(59-3)32-14-27(21-53)13-28(15-32)22-54)41(39)38(43(42)48(60-4)46(40)50)30-11-7-26(20-52)8-12-30;1-55-31-16-27(17-32(18-31)56-2)33(21-53)38-40-35(25-5-9-29(47)10-6-25)37-34(22-54)43(49)42(45(57-3)28-14-23(19-51)13-24(15-28)20-52)39(37)36(26-7-11-30(48)12-8-26)41(40)46(58-4)44(38)50/h5-18H;5-18H/b40-35-,47-44+;38-33-,45-42+. The Morgan fingerprint density at radius 3 is 0.763 bits per heavy atom. The van der Waals surface area contributed by atoms with Crippen molar-refractivity contribution in [2.75, 3.05) is 0 Å². The number of nitriles is 10. The molecule has 0 amide bonds. The normalized spacial score (nSPS) is 13.8. The van der Waals surface area contributed by atoms with Crippen LogP contribution < -0.4 is 0 Å². The van der Waals surface area contributed by atoms with Crippen molar-refractivity contribution in [1.82, 2.24) is 0 Å². The summed E-state index contributed by atoms with van der Waals surface area (Å²) >= 11 is 0. The largest absolute Gasteiger partial charge is 0.239 e. The fourth-order valence-electron chi connectivity index (χ4n) is 14.6. The molecule has 0 bridgehead atoms. The van der Waals surface area contributed by atoms with Gasteiger partial charge in [-0.1, -0.05) is 84.9 Å². The van der Waals surface area contributed by atoms with Gasteiger partial charge in [0.25, 0.3) is 0 Å². The van der Waals surface area contributed by atoms with Gasteiger partial charge in [0.2, 0.25) is 22.8 Å². The molecular weight excluding hydrogens is 1500 g/mol. The Hall–Kier alpha value is -19.5. The maximum Gasteiger partial charge on any atom is 0.231 e. The van der Waals surface area contributed by atoms with Crippen LogP contribution in [-0.4, -0.2) is 0 Å². The zero-order valence-electron chi connectivity index (χ0n) is 59.5. The number of rotatable bonds is 8. The molecule has 0 atom stereocenters. The van der Waals surface area contributed by atoms with Crippen LogP contribution in [0.1, 0.15) is 100 Å². The van der Waals surface area contributed by atoms with E-state index in [1.54, 1.807) is 0 Å². The third kappa shape index (κ3) is 12.6. The van der Waals surface area contributed by atoms with Crippen LogP contribution in [0, 0.1) is 178 Å². The summed E-state index contributed by atoms with van der Waals surface area (Å²) in [7, 11) is 0. The number of hydrogen-bond acceptors (Lipinski definition) is 10. The third-order valence-corrected chi connectivity index (χ3v) is 19.3. The SMILES string of the molecule is [C-]#[N+]C1=C(F)/C(=C(/C#N)c2cc([N+]#[C-])cc([N+]#[C-])c2)c2c1c(-c1ccc(C#N)cc1)c1c(c2-c2ccc(C#N)cc2)C(C#N)=C(F)/C1=C(/[N+]#[C-])c1cc(C#N)cc(C#N)c1.[C-]#[N+]C1=C(F)/C(=C(/C#N)c2cc([N+]#[C-])cc([N+]#[C-])c2)c2c1c(-c1ccc(F)cc1)c1c(c2-c2ccc(F)cc2)C(C#N)=C(F)/C1=C(/[N+]#[C-])c1cc(C#N)cc(C#N)c1. The summed E-state index contributed by atoms with van der Waals surface area (Å²) in [5.74, 6) is -6.28. The van der Waals surface area contributed by atoms with Gasteiger partial charge in [-0.3, -0.25) is 0 Å². The first-order chi connectivity index (χ1) is 57.2. The molecule has 10 aromatic rings. The zero-order chi connectivity index (χ0) is 84.2. The van der Waals surface area contributed by atoms with Crippen LogP contribution >= 0.6 is 0 Å². The maximum absolute atomic E-state index is 17.5. The van der Waals surface area contributed by atoms with Gasteiger partial charge < -0.3 is 0 Å². The molecule has 118 heavy (non-hydrogen) atoms. The number of benzene rings is 10. The van der Waals surface area contributed by atoms with E-state index in [1.165, 1.54) is 146 Å². The Morgan fingerprint density at radius 2 is 0.517 bits per heavy atom. The number of hydrogen-bond donors (Lipinski definition) is 0. The van der Waals surface area contributed by atoms with E-state index in [2.05, 4.69) is 38.8 Å². The molecule has 4 aliphatic carbocycles. The highest BCUT2D eigenvalue weighted by Gasteiger charge is 2.47. The number of nitrogens with zero attached hydrogens (tertiary/aromatic N) is 18. The minimum absolute atomic E-state index is 0.0313. The number of fused-ring (bicyclic) bond motifs is 4. The maximum atomic E-state index is 17.5. The average Bonchev–Trinajstić information content (AvgIpc) is 1.52. The molecule has 0 heterocycles. The van der Waals surface area contributed by atoms with Crippen molar-refractivity contribution in [1.29, 1.82) is 52.6 Å². The quantitative estimate of drug-likeness (QED) is 0.0788. The molecule has 0 radical (unpaired) electrons. The van der Waals surface area contributed by atoms with Crippen molar-refractivity contribution >= 4 is 90.1 Å². The van der Waals surface area contributed by atoms with Crippen molar-refractivity contribution in [2.24, 2.45) is 0 Å². The lowest BCUT2D eigenvalue weighted by atomic mass is 9.78. The molecule has 10 aromatic carbocycles. The lowest BCUT2D eigenvalue weighted by Gasteiger charge is -2.24. The summed E-state index contributed by atoms with van der Waals surface area (Å²) in [6.07, 6.45) is 0. The van der Waals surface area contributed by atoms with Gasteiger partial charge in [-0.25, -0.2) is 65.1 Å². The fourth-order valence-corrected chi connectivity index (χ4v) is 14.6. The highest BCUT2D eigenvalue weighted by atomic mass is 19.1. The number of allylic oxidation sites excluding steroid dienone is 12. The summed E-state index contributed by atoms with van der Waals surface area (Å²) in [6.45, 7) is 63.6. The van der Waals surface area contributed by atoms with E-state index in [-0.39, 0.29) is 167 Å². The van der Waals surface area contributed by atoms with Crippen molar-refractivity contribution in [2.45, 2.75) is 0 Å². The molecule has 0 unspecified atom stereocenters. The summed E-state index contributed by atoms with van der Waals surface area (Å²) < 4.78 is 98.9. The monoisotopic (exact) mass is 1520 g/mol. The fraction of sp³-hybridized carbons (Fsp3) is 0. The smallest absolute Gasteiger partial charge is 0.231 e. The molecular formula is C94H28F6N18. The lowest BCUT2D eigenvalue weighted by Crippen LogP contribution is -2.04. The van der Waals surface area contributed by atoms with Crippen LogP contribution in [0.3, 0.4) is 0 Å². The lowest BCUT2D eigenvalue weighted by molar-refractivity contribution is 0.627. The molecule has 4 aliphatic rings. The van der Waals surface area contributed by atoms with E-state index in [9.17, 15) is 61.4 Å².